The minimum Gasteiger partial charge on any atom is -0.451 e. The first-order valence-electron chi connectivity index (χ1n) is 10.3. The van der Waals surface area contributed by atoms with Gasteiger partial charge in [0.2, 0.25) is 10.0 Å². The van der Waals surface area contributed by atoms with E-state index in [2.05, 4.69) is 10.4 Å². The van der Waals surface area contributed by atoms with Crippen LogP contribution in [0, 0.1) is 0 Å². The predicted molar refractivity (Wildman–Crippen MR) is 115 cm³/mol. The molecular formula is C21H28N4O5S. The maximum atomic E-state index is 13.1. The number of sulfonamides is 1. The van der Waals surface area contributed by atoms with Gasteiger partial charge in [0.1, 0.15) is 11.9 Å². The van der Waals surface area contributed by atoms with Crippen LogP contribution in [-0.4, -0.2) is 53.1 Å². The van der Waals surface area contributed by atoms with Gasteiger partial charge in [-0.1, -0.05) is 18.2 Å². The third-order valence-electron chi connectivity index (χ3n) is 5.15. The number of nitrogens with one attached hydrogen (secondary N) is 1. The lowest BCUT2D eigenvalue weighted by Gasteiger charge is -2.33. The maximum absolute atomic E-state index is 13.1. The fraction of sp³-hybridized carbons (Fsp3) is 0.476. The highest BCUT2D eigenvalue weighted by atomic mass is 32.2. The Labute approximate surface area is 182 Å². The molecular weight excluding hydrogens is 420 g/mol. The number of hydrogen-bond acceptors (Lipinski definition) is 6. The maximum Gasteiger partial charge on any atom is 0.325 e. The molecule has 1 N–H and O–H groups in total. The van der Waals surface area contributed by atoms with E-state index in [1.165, 1.54) is 23.4 Å². The van der Waals surface area contributed by atoms with Crippen molar-refractivity contribution < 1.29 is 22.7 Å². The molecule has 10 heteroatoms. The normalized spacial score (nSPS) is 18.5. The molecule has 3 rings (SSSR count). The van der Waals surface area contributed by atoms with Crippen LogP contribution < -0.4 is 5.32 Å². The van der Waals surface area contributed by atoms with Gasteiger partial charge in [-0.15, -0.1) is 0 Å². The molecule has 1 aliphatic rings. The summed E-state index contributed by atoms with van der Waals surface area (Å²) in [6.07, 6.45) is 2.19. The lowest BCUT2D eigenvalue weighted by molar-refractivity contribution is -0.157. The lowest BCUT2D eigenvalue weighted by Crippen LogP contribution is -2.49. The fourth-order valence-corrected chi connectivity index (χ4v) is 5.18. The third kappa shape index (κ3) is 5.13. The molecule has 0 saturated carbocycles. The standard InChI is InChI=1S/C21H28N4O5S/c1-15(2)25-19(12-13-22-25)23-20(26)16(3)30-21(27)18-11-7-8-14-24(18)31(28,29)17-9-5-4-6-10-17/h4-6,9-10,12-13,15-16,18H,7-8,11,14H2,1-3H3,(H,23,26)/t16-,18-/m0/s1. The molecule has 0 spiro atoms. The van der Waals surface area contributed by atoms with Gasteiger partial charge in [-0.3, -0.25) is 9.59 Å². The molecule has 2 aromatic rings. The minimum atomic E-state index is -3.85. The highest BCUT2D eigenvalue weighted by Crippen LogP contribution is 2.26. The number of ether oxygens (including phenoxy) is 1. The molecule has 0 radical (unpaired) electrons. The van der Waals surface area contributed by atoms with Crippen molar-refractivity contribution in [3.05, 3.63) is 42.6 Å². The molecule has 1 saturated heterocycles. The van der Waals surface area contributed by atoms with E-state index >= 15 is 0 Å². The van der Waals surface area contributed by atoms with Crippen LogP contribution >= 0.6 is 0 Å². The van der Waals surface area contributed by atoms with Crippen molar-refractivity contribution in [1.29, 1.82) is 0 Å². The summed E-state index contributed by atoms with van der Waals surface area (Å²) in [5.41, 5.74) is 0. The number of esters is 1. The zero-order valence-corrected chi connectivity index (χ0v) is 18.7. The topological polar surface area (TPSA) is 111 Å². The Bertz CT molecular complexity index is 1020. The summed E-state index contributed by atoms with van der Waals surface area (Å²) in [5.74, 6) is -0.739. The van der Waals surface area contributed by atoms with Crippen LogP contribution in [0.2, 0.25) is 0 Å². The van der Waals surface area contributed by atoms with E-state index in [-0.39, 0.29) is 17.5 Å². The van der Waals surface area contributed by atoms with E-state index in [0.29, 0.717) is 25.1 Å². The number of piperidine rings is 1. The van der Waals surface area contributed by atoms with Crippen molar-refractivity contribution in [2.75, 3.05) is 11.9 Å². The number of benzene rings is 1. The number of hydrogen-bond donors (Lipinski definition) is 1. The monoisotopic (exact) mass is 448 g/mol. The van der Waals surface area contributed by atoms with Gasteiger partial charge in [0.05, 0.1) is 11.1 Å². The van der Waals surface area contributed by atoms with Gasteiger partial charge in [0.15, 0.2) is 6.10 Å². The number of aromatic nitrogens is 2. The van der Waals surface area contributed by atoms with Gasteiger partial charge < -0.3 is 10.1 Å². The molecule has 0 aliphatic carbocycles. The Balaban J connectivity index is 1.70. The minimum absolute atomic E-state index is 0.0437. The summed E-state index contributed by atoms with van der Waals surface area (Å²) in [5, 5.41) is 6.85. The smallest absolute Gasteiger partial charge is 0.325 e. The first-order chi connectivity index (χ1) is 14.7. The summed E-state index contributed by atoms with van der Waals surface area (Å²) in [6, 6.07) is 8.74. The summed E-state index contributed by atoms with van der Waals surface area (Å²) >= 11 is 0. The highest BCUT2D eigenvalue weighted by Gasteiger charge is 2.39. The van der Waals surface area contributed by atoms with Crippen LogP contribution in [0.25, 0.3) is 0 Å². The van der Waals surface area contributed by atoms with Crippen LogP contribution in [-0.2, 0) is 24.3 Å². The van der Waals surface area contributed by atoms with E-state index in [1.807, 2.05) is 13.8 Å². The highest BCUT2D eigenvalue weighted by molar-refractivity contribution is 7.89. The molecule has 2 heterocycles. The molecule has 1 amide bonds. The number of anilines is 1. The Morgan fingerprint density at radius 3 is 2.52 bits per heavy atom. The second-order valence-electron chi connectivity index (χ2n) is 7.76. The van der Waals surface area contributed by atoms with Gasteiger partial charge in [0, 0.05) is 18.7 Å². The van der Waals surface area contributed by atoms with Gasteiger partial charge in [-0.2, -0.15) is 9.40 Å². The first kappa shape index (κ1) is 23.0. The van der Waals surface area contributed by atoms with E-state index in [9.17, 15) is 18.0 Å². The Morgan fingerprint density at radius 1 is 1.13 bits per heavy atom. The Kier molecular flexibility index (Phi) is 7.11. The SMILES string of the molecule is CC(C)n1nccc1NC(=O)[C@H](C)OC(=O)[C@@H]1CCCCN1S(=O)(=O)c1ccccc1. The molecule has 168 valence electrons. The Hall–Kier alpha value is -2.72. The van der Waals surface area contributed by atoms with Crippen molar-refractivity contribution >= 4 is 27.7 Å². The predicted octanol–water partition coefficient (Wildman–Crippen LogP) is 2.58. The van der Waals surface area contributed by atoms with Crippen molar-refractivity contribution in [3.63, 3.8) is 0 Å². The number of rotatable bonds is 7. The third-order valence-corrected chi connectivity index (χ3v) is 7.07. The molecule has 31 heavy (non-hydrogen) atoms. The Morgan fingerprint density at radius 2 is 1.84 bits per heavy atom. The van der Waals surface area contributed by atoms with Gasteiger partial charge in [0.25, 0.3) is 5.91 Å². The van der Waals surface area contributed by atoms with Gasteiger partial charge >= 0.3 is 5.97 Å². The van der Waals surface area contributed by atoms with Crippen LogP contribution in [0.4, 0.5) is 5.82 Å². The fourth-order valence-electron chi connectivity index (χ4n) is 3.52. The van der Waals surface area contributed by atoms with Crippen LogP contribution in [0.5, 0.6) is 0 Å². The molecule has 2 atom stereocenters. The molecule has 9 nitrogen and oxygen atoms in total. The summed E-state index contributed by atoms with van der Waals surface area (Å²) in [6.45, 7) is 5.54. The quantitative estimate of drug-likeness (QED) is 0.652. The van der Waals surface area contributed by atoms with Gasteiger partial charge in [-0.25, -0.2) is 13.1 Å². The summed E-state index contributed by atoms with van der Waals surface area (Å²) in [4.78, 5) is 25.5. The molecule has 0 unspecified atom stereocenters. The number of carbonyl (C=O) groups is 2. The zero-order chi connectivity index (χ0) is 22.6. The van der Waals surface area contributed by atoms with Crippen LogP contribution in [0.1, 0.15) is 46.1 Å². The second kappa shape index (κ2) is 9.61. The van der Waals surface area contributed by atoms with E-state index in [1.54, 1.807) is 35.1 Å². The van der Waals surface area contributed by atoms with E-state index in [0.717, 1.165) is 0 Å². The van der Waals surface area contributed by atoms with Crippen molar-refractivity contribution in [2.45, 2.75) is 63.1 Å². The first-order valence-corrected chi connectivity index (χ1v) is 11.8. The molecule has 1 aliphatic heterocycles. The largest absolute Gasteiger partial charge is 0.451 e. The number of nitrogens with zero attached hydrogens (tertiary/aromatic N) is 3. The summed E-state index contributed by atoms with van der Waals surface area (Å²) in [7, 11) is -3.85. The van der Waals surface area contributed by atoms with E-state index in [4.69, 9.17) is 4.74 Å². The van der Waals surface area contributed by atoms with E-state index < -0.39 is 34.0 Å². The molecule has 1 fully saturated rings. The number of carbonyl (C=O) groups excluding carboxylic acids is 2. The zero-order valence-electron chi connectivity index (χ0n) is 17.9. The molecule has 0 bridgehead atoms. The molecule has 1 aromatic heterocycles. The lowest BCUT2D eigenvalue weighted by atomic mass is 10.1. The summed E-state index contributed by atoms with van der Waals surface area (Å²) < 4.78 is 34.3. The second-order valence-corrected chi connectivity index (χ2v) is 9.65. The van der Waals surface area contributed by atoms with Crippen LogP contribution in [0.3, 0.4) is 0 Å². The van der Waals surface area contributed by atoms with Crippen LogP contribution in [0.15, 0.2) is 47.5 Å². The van der Waals surface area contributed by atoms with Crippen molar-refractivity contribution in [2.24, 2.45) is 0 Å². The number of amides is 1. The van der Waals surface area contributed by atoms with Gasteiger partial charge in [-0.05, 0) is 52.2 Å². The van der Waals surface area contributed by atoms with Crippen molar-refractivity contribution in [3.8, 4) is 0 Å². The van der Waals surface area contributed by atoms with Crippen molar-refractivity contribution in [1.82, 2.24) is 14.1 Å². The molecule has 1 aromatic carbocycles. The average Bonchev–Trinajstić information content (AvgIpc) is 3.22. The average molecular weight is 449 g/mol.